The average Bonchev–Trinajstić information content (AvgIpc) is 3.24. The van der Waals surface area contributed by atoms with E-state index in [1.807, 2.05) is 72.5 Å². The normalized spacial score (nSPS) is 15.5. The van der Waals surface area contributed by atoms with Crippen LogP contribution in [0.2, 0.25) is 0 Å². The van der Waals surface area contributed by atoms with Crippen LogP contribution in [0.5, 0.6) is 0 Å². The molecule has 4 nitrogen and oxygen atoms in total. The summed E-state index contributed by atoms with van der Waals surface area (Å²) in [6.45, 7) is 4.25. The molecule has 0 aliphatic carbocycles. The second-order valence-electron chi connectivity index (χ2n) is 8.85. The minimum Gasteiger partial charge on any atom is -0.322 e. The average molecular weight is 473 g/mol. The van der Waals surface area contributed by atoms with Gasteiger partial charge in [0.05, 0.1) is 5.75 Å². The number of hydrogen-bond acceptors (Lipinski definition) is 3. The number of unbranched alkanes of at least 4 members (excludes halogenated alkanes) is 3. The van der Waals surface area contributed by atoms with Crippen molar-refractivity contribution in [2.45, 2.75) is 51.3 Å². The standard InChI is InChI=1S/C29H32N2O2S/c1-3-4-5-6-10-22-14-16-23(17-15-22)28(33)30-25-12-8-11-24(19-25)29-31(27(32)20-34-29)26-13-7-9-21(2)18-26/h7-9,11-19,29H,3-6,10,20H2,1-2H3,(H,30,33). The molecule has 1 atom stereocenters. The summed E-state index contributed by atoms with van der Waals surface area (Å²) in [5.74, 6) is 0.421. The predicted molar refractivity (Wildman–Crippen MR) is 143 cm³/mol. The molecule has 3 aromatic rings. The molecule has 2 amide bonds. The second-order valence-corrected chi connectivity index (χ2v) is 9.92. The summed E-state index contributed by atoms with van der Waals surface area (Å²) in [4.78, 5) is 27.4. The summed E-state index contributed by atoms with van der Waals surface area (Å²) in [5.41, 5.74) is 5.68. The van der Waals surface area contributed by atoms with Crippen LogP contribution in [0.25, 0.3) is 0 Å². The van der Waals surface area contributed by atoms with E-state index in [4.69, 9.17) is 0 Å². The summed E-state index contributed by atoms with van der Waals surface area (Å²) < 4.78 is 0. The summed E-state index contributed by atoms with van der Waals surface area (Å²) in [6.07, 6.45) is 6.00. The van der Waals surface area contributed by atoms with E-state index in [1.165, 1.54) is 31.2 Å². The topological polar surface area (TPSA) is 49.4 Å². The zero-order chi connectivity index (χ0) is 23.9. The highest BCUT2D eigenvalue weighted by Crippen LogP contribution is 2.42. The van der Waals surface area contributed by atoms with Crippen LogP contribution in [0.1, 0.15) is 65.0 Å². The van der Waals surface area contributed by atoms with E-state index in [1.54, 1.807) is 11.8 Å². The van der Waals surface area contributed by atoms with Crippen LogP contribution in [0.4, 0.5) is 11.4 Å². The molecule has 1 aliphatic heterocycles. The number of amides is 2. The van der Waals surface area contributed by atoms with Crippen LogP contribution in [-0.4, -0.2) is 17.6 Å². The van der Waals surface area contributed by atoms with Crippen LogP contribution < -0.4 is 10.2 Å². The van der Waals surface area contributed by atoms with Gasteiger partial charge >= 0.3 is 0 Å². The summed E-state index contributed by atoms with van der Waals surface area (Å²) >= 11 is 1.61. The monoisotopic (exact) mass is 472 g/mol. The summed E-state index contributed by atoms with van der Waals surface area (Å²) in [6, 6.07) is 23.7. The first-order valence-corrected chi connectivity index (χ1v) is 13.1. The Balaban J connectivity index is 1.44. The molecule has 1 fully saturated rings. The number of nitrogens with zero attached hydrogens (tertiary/aromatic N) is 1. The Hall–Kier alpha value is -3.05. The van der Waals surface area contributed by atoms with Gasteiger partial charge in [0.1, 0.15) is 5.37 Å². The van der Waals surface area contributed by atoms with Crippen LogP contribution in [0, 0.1) is 6.92 Å². The molecule has 176 valence electrons. The maximum absolute atomic E-state index is 12.9. The van der Waals surface area contributed by atoms with Crippen molar-refractivity contribution < 1.29 is 9.59 Å². The number of aryl methyl sites for hydroxylation is 2. The molecule has 3 aromatic carbocycles. The number of carbonyl (C=O) groups is 2. The first-order chi connectivity index (χ1) is 16.5. The number of hydrogen-bond donors (Lipinski definition) is 1. The predicted octanol–water partition coefficient (Wildman–Crippen LogP) is 7.15. The Morgan fingerprint density at radius 2 is 1.79 bits per heavy atom. The number of rotatable bonds is 9. The maximum atomic E-state index is 12.9. The number of nitrogens with one attached hydrogen (secondary N) is 1. The fourth-order valence-corrected chi connectivity index (χ4v) is 5.45. The van der Waals surface area contributed by atoms with Gasteiger partial charge < -0.3 is 5.32 Å². The van der Waals surface area contributed by atoms with Gasteiger partial charge in [-0.1, -0.05) is 62.6 Å². The first kappa shape index (κ1) is 24.1. The van der Waals surface area contributed by atoms with Gasteiger partial charge in [-0.15, -0.1) is 11.8 Å². The minimum atomic E-state index is -0.125. The Morgan fingerprint density at radius 1 is 1.00 bits per heavy atom. The Kier molecular flexibility index (Phi) is 8.07. The van der Waals surface area contributed by atoms with Crippen molar-refractivity contribution in [2.75, 3.05) is 16.0 Å². The van der Waals surface area contributed by atoms with Crippen LogP contribution >= 0.6 is 11.8 Å². The molecular weight excluding hydrogens is 440 g/mol. The van der Waals surface area contributed by atoms with Crippen molar-refractivity contribution in [2.24, 2.45) is 0 Å². The molecule has 0 radical (unpaired) electrons. The Morgan fingerprint density at radius 3 is 2.56 bits per heavy atom. The zero-order valence-electron chi connectivity index (χ0n) is 19.9. The van der Waals surface area contributed by atoms with Crippen molar-refractivity contribution in [1.82, 2.24) is 0 Å². The van der Waals surface area contributed by atoms with E-state index >= 15 is 0 Å². The van der Waals surface area contributed by atoms with Crippen molar-refractivity contribution in [3.63, 3.8) is 0 Å². The van der Waals surface area contributed by atoms with Gasteiger partial charge in [-0.2, -0.15) is 0 Å². The third-order valence-corrected chi connectivity index (χ3v) is 7.32. The van der Waals surface area contributed by atoms with E-state index in [0.29, 0.717) is 11.3 Å². The van der Waals surface area contributed by atoms with Gasteiger partial charge in [-0.05, 0) is 72.9 Å². The fourth-order valence-electron chi connectivity index (χ4n) is 4.28. The van der Waals surface area contributed by atoms with Crippen LogP contribution in [0.3, 0.4) is 0 Å². The summed E-state index contributed by atoms with van der Waals surface area (Å²) in [5, 5.41) is 2.91. The largest absolute Gasteiger partial charge is 0.322 e. The number of thioether (sulfide) groups is 1. The molecule has 1 heterocycles. The molecule has 1 N–H and O–H groups in total. The fraction of sp³-hybridized carbons (Fsp3) is 0.310. The second kappa shape index (κ2) is 11.4. The zero-order valence-corrected chi connectivity index (χ0v) is 20.7. The molecule has 1 unspecified atom stereocenters. The van der Waals surface area contributed by atoms with E-state index in [-0.39, 0.29) is 17.2 Å². The molecular formula is C29H32N2O2S. The van der Waals surface area contributed by atoms with Crippen molar-refractivity contribution in [3.05, 3.63) is 95.1 Å². The lowest BCUT2D eigenvalue weighted by Crippen LogP contribution is -2.27. The van der Waals surface area contributed by atoms with Gasteiger partial charge in [0, 0.05) is 16.9 Å². The molecule has 0 bridgehead atoms. The van der Waals surface area contributed by atoms with Gasteiger partial charge in [-0.3, -0.25) is 14.5 Å². The lowest BCUT2D eigenvalue weighted by Gasteiger charge is -2.25. The lowest BCUT2D eigenvalue weighted by molar-refractivity contribution is -0.115. The van der Waals surface area contributed by atoms with Crippen molar-refractivity contribution >= 4 is 35.0 Å². The van der Waals surface area contributed by atoms with E-state index in [0.717, 1.165) is 28.9 Å². The van der Waals surface area contributed by atoms with Crippen molar-refractivity contribution in [3.8, 4) is 0 Å². The molecule has 0 saturated carbocycles. The molecule has 34 heavy (non-hydrogen) atoms. The molecule has 1 aliphatic rings. The highest BCUT2D eigenvalue weighted by atomic mass is 32.2. The lowest BCUT2D eigenvalue weighted by atomic mass is 10.0. The number of carbonyl (C=O) groups excluding carboxylic acids is 2. The molecule has 1 saturated heterocycles. The number of anilines is 2. The highest BCUT2D eigenvalue weighted by Gasteiger charge is 2.34. The molecule has 0 aromatic heterocycles. The van der Waals surface area contributed by atoms with Crippen molar-refractivity contribution in [1.29, 1.82) is 0 Å². The van der Waals surface area contributed by atoms with E-state index in [2.05, 4.69) is 24.4 Å². The van der Waals surface area contributed by atoms with Gasteiger partial charge in [0.15, 0.2) is 0 Å². The third-order valence-electron chi connectivity index (χ3n) is 6.11. The summed E-state index contributed by atoms with van der Waals surface area (Å²) in [7, 11) is 0. The van der Waals surface area contributed by atoms with E-state index < -0.39 is 0 Å². The van der Waals surface area contributed by atoms with Gasteiger partial charge in [0.2, 0.25) is 5.91 Å². The number of benzene rings is 3. The third kappa shape index (κ3) is 5.89. The highest BCUT2D eigenvalue weighted by molar-refractivity contribution is 8.00. The molecule has 0 spiro atoms. The quantitative estimate of drug-likeness (QED) is 0.337. The molecule has 5 heteroatoms. The first-order valence-electron chi connectivity index (χ1n) is 12.1. The maximum Gasteiger partial charge on any atom is 0.255 e. The SMILES string of the molecule is CCCCCCc1ccc(C(=O)Nc2cccc(C3SCC(=O)N3c3cccc(C)c3)c2)cc1. The van der Waals surface area contributed by atoms with Gasteiger partial charge in [0.25, 0.3) is 5.91 Å². The van der Waals surface area contributed by atoms with Crippen LogP contribution in [-0.2, 0) is 11.2 Å². The molecule has 4 rings (SSSR count). The Labute approximate surface area is 206 Å². The van der Waals surface area contributed by atoms with Gasteiger partial charge in [-0.25, -0.2) is 0 Å². The minimum absolute atomic E-state index is 0.102. The smallest absolute Gasteiger partial charge is 0.255 e. The van der Waals surface area contributed by atoms with E-state index in [9.17, 15) is 9.59 Å². The van der Waals surface area contributed by atoms with Crippen LogP contribution in [0.15, 0.2) is 72.8 Å². The Bertz CT molecular complexity index is 1140.